The van der Waals surface area contributed by atoms with E-state index in [0.29, 0.717) is 28.1 Å². The van der Waals surface area contributed by atoms with E-state index in [9.17, 15) is 9.18 Å². The summed E-state index contributed by atoms with van der Waals surface area (Å²) in [4.78, 5) is 19.0. The van der Waals surface area contributed by atoms with Crippen molar-refractivity contribution in [1.29, 1.82) is 0 Å². The number of nitrogen functional groups attached to an aromatic ring is 1. The molecule has 0 aliphatic heterocycles. The fourth-order valence-electron chi connectivity index (χ4n) is 3.20. The number of rotatable bonds is 5. The fourth-order valence-corrected chi connectivity index (χ4v) is 4.41. The second-order valence-corrected chi connectivity index (χ2v) is 8.23. The van der Waals surface area contributed by atoms with Crippen LogP contribution in [0.5, 0.6) is 0 Å². The Hall–Kier alpha value is -2.64. The maximum atomic E-state index is 14.5. The Labute approximate surface area is 176 Å². The summed E-state index contributed by atoms with van der Waals surface area (Å²) in [6, 6.07) is 4.99. The van der Waals surface area contributed by atoms with Crippen molar-refractivity contribution in [3.8, 4) is 11.1 Å². The van der Waals surface area contributed by atoms with Crippen molar-refractivity contribution in [3.05, 3.63) is 57.5 Å². The van der Waals surface area contributed by atoms with E-state index in [1.54, 1.807) is 19.9 Å². The molecule has 2 aromatic heterocycles. The maximum Gasteiger partial charge on any atom is 0.351 e. The second kappa shape index (κ2) is 8.00. The van der Waals surface area contributed by atoms with Gasteiger partial charge in [0.1, 0.15) is 4.83 Å². The number of hydrogen-bond acceptors (Lipinski definition) is 6. The van der Waals surface area contributed by atoms with Crippen molar-refractivity contribution < 1.29 is 18.7 Å². The molecule has 0 bridgehead atoms. The van der Waals surface area contributed by atoms with Gasteiger partial charge in [-0.3, -0.25) is 0 Å². The second-order valence-electron chi connectivity index (χ2n) is 6.62. The molecule has 29 heavy (non-hydrogen) atoms. The van der Waals surface area contributed by atoms with Gasteiger partial charge in [0.05, 0.1) is 23.6 Å². The van der Waals surface area contributed by atoms with E-state index in [2.05, 4.69) is 11.6 Å². The Bertz CT molecular complexity index is 1140. The van der Waals surface area contributed by atoms with Crippen LogP contribution in [0.2, 0.25) is 5.02 Å². The predicted molar refractivity (Wildman–Crippen MR) is 115 cm³/mol. The van der Waals surface area contributed by atoms with Gasteiger partial charge in [0.25, 0.3) is 0 Å². The van der Waals surface area contributed by atoms with Gasteiger partial charge < -0.3 is 15.2 Å². The van der Waals surface area contributed by atoms with E-state index in [4.69, 9.17) is 26.8 Å². The van der Waals surface area contributed by atoms with Crippen molar-refractivity contribution in [2.24, 2.45) is 0 Å². The molecular weight excluding hydrogens is 415 g/mol. The molecule has 0 unspecified atom stereocenters. The number of thiophene rings is 1. The number of nitrogens with zero attached hydrogens (tertiary/aromatic N) is 1. The van der Waals surface area contributed by atoms with Gasteiger partial charge in [0, 0.05) is 32.6 Å². The average Bonchev–Trinajstić information content (AvgIpc) is 3.03. The van der Waals surface area contributed by atoms with Crippen LogP contribution in [0.4, 0.5) is 10.1 Å². The van der Waals surface area contributed by atoms with Crippen LogP contribution in [0, 0.1) is 19.7 Å². The molecule has 0 amide bonds. The number of pyridine rings is 1. The van der Waals surface area contributed by atoms with Gasteiger partial charge in [-0.2, -0.15) is 0 Å². The number of esters is 1. The number of benzene rings is 1. The molecule has 0 spiro atoms. The molecule has 1 aromatic carbocycles. The summed E-state index contributed by atoms with van der Waals surface area (Å²) in [7, 11) is 1.27. The number of hydrogen-bond donors (Lipinski definition) is 1. The smallest absolute Gasteiger partial charge is 0.351 e. The van der Waals surface area contributed by atoms with Crippen LogP contribution < -0.4 is 5.73 Å². The molecule has 0 radical (unpaired) electrons. The SMILES string of the molecule is C=C(C)O[C@H](C(=O)OC)c1c(C)nc2sc(C)cc2c1-c1ccc(N)c(F)c1Cl. The lowest BCUT2D eigenvalue weighted by molar-refractivity contribution is -0.152. The summed E-state index contributed by atoms with van der Waals surface area (Å²) in [5.74, 6) is -1.03. The maximum absolute atomic E-state index is 14.5. The number of nitrogens with two attached hydrogens (primary N) is 1. The number of halogens is 2. The summed E-state index contributed by atoms with van der Waals surface area (Å²) in [6.07, 6.45) is -1.14. The normalized spacial score (nSPS) is 12.1. The Kier molecular flexibility index (Phi) is 5.82. The van der Waals surface area contributed by atoms with Crippen LogP contribution in [0.1, 0.15) is 29.2 Å². The molecule has 0 aliphatic carbocycles. The monoisotopic (exact) mass is 434 g/mol. The third-order valence-corrected chi connectivity index (χ3v) is 5.73. The number of allylic oxidation sites excluding steroid dienone is 1. The molecule has 8 heteroatoms. The van der Waals surface area contributed by atoms with Crippen molar-refractivity contribution in [2.45, 2.75) is 26.9 Å². The molecule has 1 atom stereocenters. The molecule has 2 N–H and O–H groups in total. The third-order valence-electron chi connectivity index (χ3n) is 4.41. The van der Waals surface area contributed by atoms with Gasteiger partial charge in [-0.15, -0.1) is 11.3 Å². The summed E-state index contributed by atoms with van der Waals surface area (Å²) < 4.78 is 25.2. The van der Waals surface area contributed by atoms with Crippen molar-refractivity contribution in [3.63, 3.8) is 0 Å². The predicted octanol–water partition coefficient (Wildman–Crippen LogP) is 5.72. The standard InChI is InChI=1S/C21H20ClFN2O3S/c1-9(2)28-19(21(26)27-5)15-11(4)25-20-13(8-10(3)29-20)16(15)12-6-7-14(24)18(23)17(12)22/h6-8,19H,1,24H2,2-5H3/t19-/m0/s1. The quantitative estimate of drug-likeness (QED) is 0.316. The number of carbonyl (C=O) groups excluding carboxylic acids is 1. The average molecular weight is 435 g/mol. The van der Waals surface area contributed by atoms with Crippen LogP contribution in [0.3, 0.4) is 0 Å². The highest BCUT2D eigenvalue weighted by Crippen LogP contribution is 2.44. The third kappa shape index (κ3) is 3.80. The first kappa shape index (κ1) is 21.1. The fraction of sp³-hybridized carbons (Fsp3) is 0.238. The number of ether oxygens (including phenoxy) is 2. The number of methoxy groups -OCH3 is 1. The van der Waals surface area contributed by atoms with Crippen molar-refractivity contribution in [1.82, 2.24) is 4.98 Å². The molecule has 3 rings (SSSR count). The molecule has 3 aromatic rings. The van der Waals surface area contributed by atoms with E-state index >= 15 is 0 Å². The van der Waals surface area contributed by atoms with Crippen LogP contribution in [0.25, 0.3) is 21.3 Å². The molecule has 5 nitrogen and oxygen atoms in total. The zero-order chi connectivity index (χ0) is 21.5. The molecule has 0 saturated carbocycles. The van der Waals surface area contributed by atoms with Gasteiger partial charge >= 0.3 is 5.97 Å². The van der Waals surface area contributed by atoms with E-state index in [1.807, 2.05) is 13.0 Å². The molecule has 0 saturated heterocycles. The van der Waals surface area contributed by atoms with Crippen LogP contribution in [-0.4, -0.2) is 18.1 Å². The minimum atomic E-state index is -1.14. The van der Waals surface area contributed by atoms with Crippen LogP contribution >= 0.6 is 22.9 Å². The molecule has 0 aliphatic rings. The summed E-state index contributed by atoms with van der Waals surface area (Å²) in [6.45, 7) is 9.05. The van der Waals surface area contributed by atoms with Gasteiger partial charge in [0.15, 0.2) is 5.82 Å². The number of aryl methyl sites for hydroxylation is 2. The number of fused-ring (bicyclic) bond motifs is 1. The van der Waals surface area contributed by atoms with Crippen molar-refractivity contribution >= 4 is 44.8 Å². The number of aromatic nitrogens is 1. The highest BCUT2D eigenvalue weighted by atomic mass is 35.5. The molecular formula is C21H20ClFN2O3S. The lowest BCUT2D eigenvalue weighted by Crippen LogP contribution is -2.19. The largest absolute Gasteiger partial charge is 0.479 e. The Morgan fingerprint density at radius 1 is 1.38 bits per heavy atom. The van der Waals surface area contributed by atoms with Gasteiger partial charge in [-0.05, 0) is 32.9 Å². The lowest BCUT2D eigenvalue weighted by Gasteiger charge is -2.23. The summed E-state index contributed by atoms with van der Waals surface area (Å²) in [5.41, 5.74) is 7.53. The lowest BCUT2D eigenvalue weighted by atomic mass is 9.92. The number of carbonyl (C=O) groups is 1. The minimum absolute atomic E-state index is 0.0634. The van der Waals surface area contributed by atoms with Gasteiger partial charge in [-0.25, -0.2) is 14.2 Å². The van der Waals surface area contributed by atoms with E-state index in [0.717, 1.165) is 15.1 Å². The zero-order valence-corrected chi connectivity index (χ0v) is 18.0. The Morgan fingerprint density at radius 2 is 2.07 bits per heavy atom. The van der Waals surface area contributed by atoms with Gasteiger partial charge in [0.2, 0.25) is 6.10 Å². The first-order valence-electron chi connectivity index (χ1n) is 8.70. The zero-order valence-electron chi connectivity index (χ0n) is 16.4. The Morgan fingerprint density at radius 3 is 2.69 bits per heavy atom. The van der Waals surface area contributed by atoms with Crippen molar-refractivity contribution in [2.75, 3.05) is 12.8 Å². The first-order chi connectivity index (χ1) is 13.6. The van der Waals surface area contributed by atoms with Crippen LogP contribution in [-0.2, 0) is 14.3 Å². The first-order valence-corrected chi connectivity index (χ1v) is 9.89. The molecule has 0 fully saturated rings. The highest BCUT2D eigenvalue weighted by molar-refractivity contribution is 7.18. The van der Waals surface area contributed by atoms with E-state index in [1.165, 1.54) is 24.5 Å². The van der Waals surface area contributed by atoms with Crippen LogP contribution in [0.15, 0.2) is 30.5 Å². The minimum Gasteiger partial charge on any atom is -0.479 e. The highest BCUT2D eigenvalue weighted by Gasteiger charge is 2.32. The van der Waals surface area contributed by atoms with E-state index in [-0.39, 0.29) is 10.7 Å². The molecule has 152 valence electrons. The van der Waals surface area contributed by atoms with Gasteiger partial charge in [-0.1, -0.05) is 24.2 Å². The molecule has 2 heterocycles. The summed E-state index contributed by atoms with van der Waals surface area (Å²) in [5, 5.41) is 0.597. The summed E-state index contributed by atoms with van der Waals surface area (Å²) >= 11 is 7.83. The number of anilines is 1. The van der Waals surface area contributed by atoms with E-state index < -0.39 is 17.9 Å². The Balaban J connectivity index is 2.46. The topological polar surface area (TPSA) is 74.4 Å².